The Balaban J connectivity index is 1.52. The minimum atomic E-state index is -0.0824. The predicted octanol–water partition coefficient (Wildman–Crippen LogP) is 3.84. The molecule has 1 N–H and O–H groups in total. The van der Waals surface area contributed by atoms with Crippen LogP contribution in [0.5, 0.6) is 0 Å². The summed E-state index contributed by atoms with van der Waals surface area (Å²) in [4.78, 5) is 33.9. The van der Waals surface area contributed by atoms with Gasteiger partial charge in [0.15, 0.2) is 0 Å². The number of unbranched alkanes of at least 4 members (excludes halogenated alkanes) is 2. The molecule has 1 aromatic heterocycles. The number of aromatic nitrogens is 1. The molecular formula is C25H34N4O2. The Morgan fingerprint density at radius 3 is 2.35 bits per heavy atom. The fraction of sp³-hybridized carbons (Fsp3) is 0.480. The molecular weight excluding hydrogens is 388 g/mol. The number of carbonyl (C=O) groups is 2. The SMILES string of the molecule is CCCCCNC(=O)c1ccc(N2CCN(C(=O)C(CC)c3ccccc3)CC2)nc1. The number of nitrogens with zero attached hydrogens (tertiary/aromatic N) is 3. The molecule has 1 saturated heterocycles. The lowest BCUT2D eigenvalue weighted by Gasteiger charge is -2.37. The minimum Gasteiger partial charge on any atom is -0.353 e. The van der Waals surface area contributed by atoms with Crippen LogP contribution in [-0.4, -0.2) is 54.4 Å². The quantitative estimate of drug-likeness (QED) is 0.624. The molecule has 1 atom stereocenters. The molecule has 6 heteroatoms. The van der Waals surface area contributed by atoms with Gasteiger partial charge in [-0.15, -0.1) is 0 Å². The number of pyridine rings is 1. The zero-order valence-corrected chi connectivity index (χ0v) is 18.7. The number of carbonyl (C=O) groups excluding carboxylic acids is 2. The minimum absolute atomic E-state index is 0.0721. The zero-order valence-electron chi connectivity index (χ0n) is 18.7. The van der Waals surface area contributed by atoms with E-state index in [0.717, 1.165) is 50.2 Å². The predicted molar refractivity (Wildman–Crippen MR) is 124 cm³/mol. The van der Waals surface area contributed by atoms with Crippen LogP contribution >= 0.6 is 0 Å². The van der Waals surface area contributed by atoms with Gasteiger partial charge in [0.25, 0.3) is 5.91 Å². The van der Waals surface area contributed by atoms with Crippen molar-refractivity contribution in [2.24, 2.45) is 0 Å². The summed E-state index contributed by atoms with van der Waals surface area (Å²) in [6.07, 6.45) is 5.70. The second kappa shape index (κ2) is 11.5. The Labute approximate surface area is 185 Å². The largest absolute Gasteiger partial charge is 0.353 e. The molecule has 0 saturated carbocycles. The lowest BCUT2D eigenvalue weighted by Crippen LogP contribution is -2.50. The van der Waals surface area contributed by atoms with Crippen molar-refractivity contribution in [2.75, 3.05) is 37.6 Å². The number of rotatable bonds is 9. The first kappa shape index (κ1) is 22.8. The molecule has 2 amide bonds. The van der Waals surface area contributed by atoms with E-state index in [1.807, 2.05) is 47.4 Å². The smallest absolute Gasteiger partial charge is 0.252 e. The number of benzene rings is 1. The van der Waals surface area contributed by atoms with Crippen LogP contribution in [0, 0.1) is 0 Å². The lowest BCUT2D eigenvalue weighted by molar-refractivity contribution is -0.133. The summed E-state index contributed by atoms with van der Waals surface area (Å²) >= 11 is 0. The highest BCUT2D eigenvalue weighted by atomic mass is 16.2. The number of nitrogens with one attached hydrogen (secondary N) is 1. The Bertz CT molecular complexity index is 830. The van der Waals surface area contributed by atoms with Gasteiger partial charge in [-0.1, -0.05) is 57.0 Å². The van der Waals surface area contributed by atoms with E-state index in [1.54, 1.807) is 6.20 Å². The Hall–Kier alpha value is -2.89. The third-order valence-electron chi connectivity index (χ3n) is 5.90. The molecule has 1 aromatic carbocycles. The number of hydrogen-bond acceptors (Lipinski definition) is 4. The van der Waals surface area contributed by atoms with Gasteiger partial charge in [-0.3, -0.25) is 9.59 Å². The molecule has 2 aromatic rings. The van der Waals surface area contributed by atoms with Crippen molar-refractivity contribution in [3.63, 3.8) is 0 Å². The lowest BCUT2D eigenvalue weighted by atomic mass is 9.95. The van der Waals surface area contributed by atoms with Crippen molar-refractivity contribution < 1.29 is 9.59 Å². The highest BCUT2D eigenvalue weighted by Gasteiger charge is 2.27. The van der Waals surface area contributed by atoms with Gasteiger partial charge in [-0.05, 0) is 30.5 Å². The molecule has 166 valence electrons. The van der Waals surface area contributed by atoms with E-state index >= 15 is 0 Å². The summed E-state index contributed by atoms with van der Waals surface area (Å²) in [5.41, 5.74) is 1.67. The average molecular weight is 423 g/mol. The monoisotopic (exact) mass is 422 g/mol. The van der Waals surface area contributed by atoms with Crippen LogP contribution in [0.4, 0.5) is 5.82 Å². The maximum absolute atomic E-state index is 13.1. The molecule has 1 fully saturated rings. The van der Waals surface area contributed by atoms with E-state index in [-0.39, 0.29) is 17.7 Å². The average Bonchev–Trinajstić information content (AvgIpc) is 2.83. The Morgan fingerprint density at radius 2 is 1.74 bits per heavy atom. The van der Waals surface area contributed by atoms with Crippen LogP contribution in [-0.2, 0) is 4.79 Å². The van der Waals surface area contributed by atoms with Crippen molar-refractivity contribution in [2.45, 2.75) is 45.4 Å². The highest BCUT2D eigenvalue weighted by molar-refractivity contribution is 5.94. The van der Waals surface area contributed by atoms with Crippen LogP contribution < -0.4 is 10.2 Å². The normalized spacial score (nSPS) is 14.9. The van der Waals surface area contributed by atoms with E-state index in [9.17, 15) is 9.59 Å². The van der Waals surface area contributed by atoms with Crippen LogP contribution in [0.2, 0.25) is 0 Å². The summed E-state index contributed by atoms with van der Waals surface area (Å²) in [7, 11) is 0. The van der Waals surface area contributed by atoms with Crippen molar-refractivity contribution in [3.05, 3.63) is 59.8 Å². The number of piperazine rings is 1. The molecule has 0 radical (unpaired) electrons. The van der Waals surface area contributed by atoms with Gasteiger partial charge in [-0.25, -0.2) is 4.98 Å². The fourth-order valence-electron chi connectivity index (χ4n) is 4.00. The molecule has 2 heterocycles. The molecule has 31 heavy (non-hydrogen) atoms. The summed E-state index contributed by atoms with van der Waals surface area (Å²) in [6.45, 7) is 7.76. The third kappa shape index (κ3) is 6.06. The molecule has 3 rings (SSSR count). The Morgan fingerprint density at radius 1 is 1.00 bits per heavy atom. The van der Waals surface area contributed by atoms with Gasteiger partial charge in [-0.2, -0.15) is 0 Å². The number of anilines is 1. The van der Waals surface area contributed by atoms with Crippen molar-refractivity contribution in [1.82, 2.24) is 15.2 Å². The van der Waals surface area contributed by atoms with E-state index in [2.05, 4.69) is 29.0 Å². The Kier molecular flexibility index (Phi) is 8.44. The molecule has 0 aliphatic carbocycles. The summed E-state index contributed by atoms with van der Waals surface area (Å²) in [6, 6.07) is 13.8. The molecule has 0 bridgehead atoms. The molecule has 1 unspecified atom stereocenters. The van der Waals surface area contributed by atoms with Gasteiger partial charge in [0, 0.05) is 38.9 Å². The molecule has 1 aliphatic heterocycles. The second-order valence-corrected chi connectivity index (χ2v) is 8.05. The van der Waals surface area contributed by atoms with Crippen molar-refractivity contribution in [3.8, 4) is 0 Å². The van der Waals surface area contributed by atoms with Crippen LogP contribution in [0.25, 0.3) is 0 Å². The zero-order chi connectivity index (χ0) is 22.1. The van der Waals surface area contributed by atoms with Crippen LogP contribution in [0.15, 0.2) is 48.7 Å². The van der Waals surface area contributed by atoms with E-state index in [1.165, 1.54) is 0 Å². The van der Waals surface area contributed by atoms with Gasteiger partial charge in [0.05, 0.1) is 11.5 Å². The number of amides is 2. The summed E-state index contributed by atoms with van der Waals surface area (Å²) < 4.78 is 0. The van der Waals surface area contributed by atoms with Gasteiger partial charge in [0.1, 0.15) is 5.82 Å². The third-order valence-corrected chi connectivity index (χ3v) is 5.90. The molecule has 6 nitrogen and oxygen atoms in total. The van der Waals surface area contributed by atoms with E-state index in [0.29, 0.717) is 25.2 Å². The van der Waals surface area contributed by atoms with E-state index < -0.39 is 0 Å². The van der Waals surface area contributed by atoms with Gasteiger partial charge < -0.3 is 15.1 Å². The first-order valence-electron chi connectivity index (χ1n) is 11.5. The van der Waals surface area contributed by atoms with Crippen LogP contribution in [0.3, 0.4) is 0 Å². The molecule has 1 aliphatic rings. The van der Waals surface area contributed by atoms with Crippen LogP contribution in [0.1, 0.15) is 61.4 Å². The number of hydrogen-bond donors (Lipinski definition) is 1. The van der Waals surface area contributed by atoms with Gasteiger partial charge in [0.2, 0.25) is 5.91 Å². The maximum Gasteiger partial charge on any atom is 0.252 e. The fourth-order valence-corrected chi connectivity index (χ4v) is 4.00. The highest BCUT2D eigenvalue weighted by Crippen LogP contribution is 2.23. The topological polar surface area (TPSA) is 65.5 Å². The molecule has 0 spiro atoms. The van der Waals surface area contributed by atoms with Crippen molar-refractivity contribution in [1.29, 1.82) is 0 Å². The summed E-state index contributed by atoms with van der Waals surface area (Å²) in [5, 5.41) is 2.94. The second-order valence-electron chi connectivity index (χ2n) is 8.05. The first-order valence-corrected chi connectivity index (χ1v) is 11.5. The van der Waals surface area contributed by atoms with Crippen molar-refractivity contribution >= 4 is 17.6 Å². The van der Waals surface area contributed by atoms with E-state index in [4.69, 9.17) is 0 Å². The first-order chi connectivity index (χ1) is 15.1. The standard InChI is InChI=1S/C25H34N4O2/c1-3-5-9-14-26-24(30)21-12-13-23(27-19-21)28-15-17-29(18-16-28)25(31)22(4-2)20-10-7-6-8-11-20/h6-8,10-13,19,22H,3-5,9,14-18H2,1-2H3,(H,26,30). The summed E-state index contributed by atoms with van der Waals surface area (Å²) in [5.74, 6) is 0.902. The maximum atomic E-state index is 13.1. The van der Waals surface area contributed by atoms with Gasteiger partial charge >= 0.3 is 0 Å².